The standard InChI is InChI=1S/C23H20N6S/c1-14-20(15(2)29(3)28-14)25-22-19-17(16-9-5-4-6-10-16)13-30-23(19)27-21(26-22)18-11-7-8-12-24-18/h4-13H,1-3H3,(H,25,26,27). The van der Waals surface area contributed by atoms with Crippen LogP contribution in [0.2, 0.25) is 0 Å². The van der Waals surface area contributed by atoms with Gasteiger partial charge in [0.25, 0.3) is 0 Å². The van der Waals surface area contributed by atoms with Gasteiger partial charge < -0.3 is 5.32 Å². The van der Waals surface area contributed by atoms with Crippen molar-refractivity contribution < 1.29 is 0 Å². The van der Waals surface area contributed by atoms with Crippen molar-refractivity contribution in [3.8, 4) is 22.6 Å². The van der Waals surface area contributed by atoms with Crippen molar-refractivity contribution in [2.24, 2.45) is 7.05 Å². The highest BCUT2D eigenvalue weighted by molar-refractivity contribution is 7.17. The number of aryl methyl sites for hydroxylation is 2. The molecule has 0 saturated carbocycles. The number of pyridine rings is 1. The van der Waals surface area contributed by atoms with Gasteiger partial charge >= 0.3 is 0 Å². The van der Waals surface area contributed by atoms with Gasteiger partial charge in [-0.1, -0.05) is 36.4 Å². The van der Waals surface area contributed by atoms with E-state index >= 15 is 0 Å². The van der Waals surface area contributed by atoms with Crippen LogP contribution in [0.5, 0.6) is 0 Å². The van der Waals surface area contributed by atoms with E-state index in [1.165, 1.54) is 0 Å². The zero-order valence-electron chi connectivity index (χ0n) is 16.9. The monoisotopic (exact) mass is 412 g/mol. The van der Waals surface area contributed by atoms with Crippen molar-refractivity contribution >= 4 is 33.1 Å². The zero-order valence-corrected chi connectivity index (χ0v) is 17.7. The third-order valence-electron chi connectivity index (χ3n) is 5.16. The summed E-state index contributed by atoms with van der Waals surface area (Å²) in [5, 5.41) is 11.2. The minimum Gasteiger partial charge on any atom is -0.337 e. The van der Waals surface area contributed by atoms with Crippen LogP contribution in [0.4, 0.5) is 11.5 Å². The van der Waals surface area contributed by atoms with E-state index in [1.807, 2.05) is 62.0 Å². The van der Waals surface area contributed by atoms with Crippen LogP contribution in [0.25, 0.3) is 32.9 Å². The molecule has 0 atom stereocenters. The number of rotatable bonds is 4. The Morgan fingerprint density at radius 2 is 1.77 bits per heavy atom. The number of nitrogens with one attached hydrogen (secondary N) is 1. The minimum absolute atomic E-state index is 0.603. The number of hydrogen-bond donors (Lipinski definition) is 1. The van der Waals surface area contributed by atoms with Gasteiger partial charge in [-0.3, -0.25) is 9.67 Å². The Bertz CT molecular complexity index is 1340. The van der Waals surface area contributed by atoms with Crippen molar-refractivity contribution in [2.45, 2.75) is 13.8 Å². The van der Waals surface area contributed by atoms with Gasteiger partial charge in [-0.2, -0.15) is 5.10 Å². The average Bonchev–Trinajstić information content (AvgIpc) is 3.31. The molecule has 0 aliphatic heterocycles. The molecule has 4 heterocycles. The Kier molecular flexibility index (Phi) is 4.52. The first-order valence-electron chi connectivity index (χ1n) is 9.65. The average molecular weight is 413 g/mol. The molecular formula is C23H20N6S. The van der Waals surface area contributed by atoms with E-state index < -0.39 is 0 Å². The van der Waals surface area contributed by atoms with Crippen molar-refractivity contribution in [1.82, 2.24) is 24.7 Å². The van der Waals surface area contributed by atoms with E-state index in [9.17, 15) is 0 Å². The number of anilines is 2. The van der Waals surface area contributed by atoms with Crippen LogP contribution in [0, 0.1) is 13.8 Å². The number of hydrogen-bond acceptors (Lipinski definition) is 6. The predicted molar refractivity (Wildman–Crippen MR) is 122 cm³/mol. The quantitative estimate of drug-likeness (QED) is 0.421. The lowest BCUT2D eigenvalue weighted by molar-refractivity contribution is 0.731. The molecule has 7 heteroatoms. The molecule has 1 N–H and O–H groups in total. The van der Waals surface area contributed by atoms with Crippen molar-refractivity contribution in [3.05, 3.63) is 71.5 Å². The van der Waals surface area contributed by atoms with Gasteiger partial charge in [0.05, 0.1) is 22.5 Å². The van der Waals surface area contributed by atoms with Crippen molar-refractivity contribution in [2.75, 3.05) is 5.32 Å². The molecule has 1 aromatic carbocycles. The van der Waals surface area contributed by atoms with E-state index in [0.29, 0.717) is 5.82 Å². The van der Waals surface area contributed by atoms with Crippen LogP contribution in [0.3, 0.4) is 0 Å². The van der Waals surface area contributed by atoms with Gasteiger partial charge in [0.2, 0.25) is 0 Å². The number of thiophene rings is 1. The summed E-state index contributed by atoms with van der Waals surface area (Å²) in [5.74, 6) is 1.37. The van der Waals surface area contributed by atoms with Gasteiger partial charge in [-0.25, -0.2) is 9.97 Å². The summed E-state index contributed by atoms with van der Waals surface area (Å²) in [6, 6.07) is 16.1. The molecule has 0 unspecified atom stereocenters. The number of nitrogens with zero attached hydrogens (tertiary/aromatic N) is 5. The molecule has 6 nitrogen and oxygen atoms in total. The fourth-order valence-electron chi connectivity index (χ4n) is 3.54. The lowest BCUT2D eigenvalue weighted by atomic mass is 10.1. The maximum atomic E-state index is 4.90. The van der Waals surface area contributed by atoms with Gasteiger partial charge in [-0.05, 0) is 31.5 Å². The minimum atomic E-state index is 0.603. The van der Waals surface area contributed by atoms with E-state index in [4.69, 9.17) is 9.97 Å². The molecule has 5 rings (SSSR count). The lowest BCUT2D eigenvalue weighted by Gasteiger charge is -2.11. The van der Waals surface area contributed by atoms with E-state index in [0.717, 1.165) is 49.9 Å². The summed E-state index contributed by atoms with van der Waals surface area (Å²) >= 11 is 1.62. The van der Waals surface area contributed by atoms with Crippen LogP contribution in [0.15, 0.2) is 60.1 Å². The molecule has 0 amide bonds. The van der Waals surface area contributed by atoms with Crippen LogP contribution in [0.1, 0.15) is 11.4 Å². The van der Waals surface area contributed by atoms with Gasteiger partial charge in [0.1, 0.15) is 16.3 Å². The molecule has 30 heavy (non-hydrogen) atoms. The normalized spacial score (nSPS) is 11.2. The molecular weight excluding hydrogens is 392 g/mol. The molecule has 0 aliphatic carbocycles. The third kappa shape index (κ3) is 3.13. The second kappa shape index (κ2) is 7.35. The summed E-state index contributed by atoms with van der Waals surface area (Å²) in [7, 11) is 1.95. The Hall–Kier alpha value is -3.58. The van der Waals surface area contributed by atoms with Crippen molar-refractivity contribution in [1.29, 1.82) is 0 Å². The second-order valence-corrected chi connectivity index (χ2v) is 7.96. The molecule has 0 aliphatic rings. The highest BCUT2D eigenvalue weighted by Gasteiger charge is 2.19. The first-order valence-corrected chi connectivity index (χ1v) is 10.5. The molecule has 0 fully saturated rings. The van der Waals surface area contributed by atoms with Crippen LogP contribution in [-0.4, -0.2) is 24.7 Å². The fraction of sp³-hybridized carbons (Fsp3) is 0.130. The van der Waals surface area contributed by atoms with E-state index in [1.54, 1.807) is 17.5 Å². The smallest absolute Gasteiger partial charge is 0.181 e. The molecule has 5 aromatic rings. The summed E-state index contributed by atoms with van der Waals surface area (Å²) in [6.07, 6.45) is 1.76. The third-order valence-corrected chi connectivity index (χ3v) is 6.04. The van der Waals surface area contributed by atoms with Gasteiger partial charge in [0.15, 0.2) is 5.82 Å². The molecule has 148 valence electrons. The van der Waals surface area contributed by atoms with Crippen LogP contribution in [-0.2, 0) is 7.05 Å². The Morgan fingerprint density at radius 3 is 2.47 bits per heavy atom. The van der Waals surface area contributed by atoms with E-state index in [-0.39, 0.29) is 0 Å². The summed E-state index contributed by atoms with van der Waals surface area (Å²) < 4.78 is 1.88. The number of fused-ring (bicyclic) bond motifs is 1. The van der Waals surface area contributed by atoms with Gasteiger partial charge in [0, 0.05) is 24.2 Å². The van der Waals surface area contributed by atoms with Crippen molar-refractivity contribution in [3.63, 3.8) is 0 Å². The summed E-state index contributed by atoms with van der Waals surface area (Å²) in [6.45, 7) is 4.05. The molecule has 0 bridgehead atoms. The predicted octanol–water partition coefficient (Wildman–Crippen LogP) is 5.51. The topological polar surface area (TPSA) is 68.5 Å². The molecule has 0 saturated heterocycles. The Balaban J connectivity index is 1.75. The highest BCUT2D eigenvalue weighted by atomic mass is 32.1. The first kappa shape index (κ1) is 18.4. The Labute approximate surface area is 178 Å². The summed E-state index contributed by atoms with van der Waals surface area (Å²) in [5.41, 5.74) is 5.95. The fourth-order valence-corrected chi connectivity index (χ4v) is 4.49. The second-order valence-electron chi connectivity index (χ2n) is 7.10. The maximum absolute atomic E-state index is 4.90. The highest BCUT2D eigenvalue weighted by Crippen LogP contribution is 2.39. The molecule has 0 radical (unpaired) electrons. The van der Waals surface area contributed by atoms with E-state index in [2.05, 4.69) is 32.9 Å². The van der Waals surface area contributed by atoms with Gasteiger partial charge in [-0.15, -0.1) is 11.3 Å². The van der Waals surface area contributed by atoms with Crippen LogP contribution < -0.4 is 5.32 Å². The first-order chi connectivity index (χ1) is 14.6. The van der Waals surface area contributed by atoms with Crippen LogP contribution >= 0.6 is 11.3 Å². The largest absolute Gasteiger partial charge is 0.337 e. The molecule has 4 aromatic heterocycles. The SMILES string of the molecule is Cc1nn(C)c(C)c1Nc1nc(-c2ccccn2)nc2scc(-c3ccccc3)c12. The maximum Gasteiger partial charge on any atom is 0.181 e. The molecule has 0 spiro atoms. The number of aromatic nitrogens is 5. The summed E-state index contributed by atoms with van der Waals surface area (Å²) in [4.78, 5) is 15.1. The Morgan fingerprint density at radius 1 is 0.967 bits per heavy atom. The lowest BCUT2D eigenvalue weighted by Crippen LogP contribution is -2.01. The number of benzene rings is 1. The zero-order chi connectivity index (χ0) is 20.7.